The maximum Gasteiger partial charge on any atom is 0.419 e. The minimum atomic E-state index is -0.856. The molecule has 0 saturated heterocycles. The van der Waals surface area contributed by atoms with Gasteiger partial charge in [0.25, 0.3) is 11.8 Å². The molecule has 330 valence electrons. The highest BCUT2D eigenvalue weighted by molar-refractivity contribution is 6.31. The zero-order valence-corrected chi connectivity index (χ0v) is 34.5. The van der Waals surface area contributed by atoms with Crippen molar-refractivity contribution in [1.29, 1.82) is 0 Å². The van der Waals surface area contributed by atoms with Gasteiger partial charge in [0.1, 0.15) is 56.2 Å². The molecule has 0 aliphatic heterocycles. The topological polar surface area (TPSA) is 167 Å². The summed E-state index contributed by atoms with van der Waals surface area (Å²) in [5.74, 6) is -3.04. The minimum Gasteiger partial charge on any atom is -0.447 e. The Morgan fingerprint density at radius 3 is 1.74 bits per heavy atom. The molecule has 0 radical (unpaired) electrons. The van der Waals surface area contributed by atoms with E-state index >= 15 is 0 Å². The maximum absolute atomic E-state index is 14.4. The van der Waals surface area contributed by atoms with E-state index < -0.39 is 67.5 Å². The first kappa shape index (κ1) is 48.8. The van der Waals surface area contributed by atoms with Crippen molar-refractivity contribution in [3.8, 4) is 0 Å². The Bertz CT molecular complexity index is 2400. The molecule has 7 rings (SSSR count). The molecule has 4 aromatic carbocycles. The number of imidazole rings is 1. The number of benzene rings is 4. The molecule has 3 amide bonds. The van der Waals surface area contributed by atoms with Crippen molar-refractivity contribution in [2.45, 2.75) is 37.8 Å². The molecule has 5 N–H and O–H groups in total. The number of nitrogens with one attached hydrogen (secondary N) is 3. The number of carbonyl (C=O) groups excluding carboxylic acids is 4. The van der Waals surface area contributed by atoms with Crippen LogP contribution in [-0.2, 0) is 22.3 Å². The number of hydrogen-bond donors (Lipinski definition) is 4. The molecule has 21 heteroatoms. The monoisotopic (exact) mass is 928 g/mol. The second-order valence-electron chi connectivity index (χ2n) is 13.1. The first-order valence-electron chi connectivity index (χ1n) is 18.3. The van der Waals surface area contributed by atoms with Gasteiger partial charge in [0.15, 0.2) is 0 Å². The summed E-state index contributed by atoms with van der Waals surface area (Å²) in [5.41, 5.74) is 8.85. The number of nitrogens with two attached hydrogens (primary N) is 1. The van der Waals surface area contributed by atoms with Crippen LogP contribution in [0, 0.1) is 23.3 Å². The molecule has 0 unspecified atom stereocenters. The number of fused-ring (bicyclic) bond motifs is 2. The van der Waals surface area contributed by atoms with E-state index in [0.717, 1.165) is 16.7 Å². The van der Waals surface area contributed by atoms with E-state index in [2.05, 4.69) is 30.4 Å². The van der Waals surface area contributed by atoms with Crippen LogP contribution in [0.15, 0.2) is 79.4 Å². The highest BCUT2D eigenvalue weighted by atomic mass is 35.5. The van der Waals surface area contributed by atoms with Gasteiger partial charge in [-0.1, -0.05) is 23.2 Å². The fourth-order valence-corrected chi connectivity index (χ4v) is 6.82. The van der Waals surface area contributed by atoms with Gasteiger partial charge in [0, 0.05) is 52.1 Å². The summed E-state index contributed by atoms with van der Waals surface area (Å²) >= 11 is 11.4. The van der Waals surface area contributed by atoms with Crippen LogP contribution in [0.4, 0.5) is 47.3 Å². The van der Waals surface area contributed by atoms with Gasteiger partial charge in [-0.05, 0) is 97.5 Å². The summed E-state index contributed by atoms with van der Waals surface area (Å²) < 4.78 is 88.4. The molecular formula is C41H37Cl3F6N6O6. The fourth-order valence-electron chi connectivity index (χ4n) is 6.46. The van der Waals surface area contributed by atoms with E-state index in [4.69, 9.17) is 28.9 Å². The Kier molecular flexibility index (Phi) is 18.0. The van der Waals surface area contributed by atoms with Crippen LogP contribution in [0.1, 0.15) is 67.9 Å². The lowest BCUT2D eigenvalue weighted by Gasteiger charge is -2.16. The van der Waals surface area contributed by atoms with Gasteiger partial charge in [-0.15, -0.1) is 12.4 Å². The van der Waals surface area contributed by atoms with Gasteiger partial charge < -0.3 is 31.2 Å². The lowest BCUT2D eigenvalue weighted by Crippen LogP contribution is -2.29. The van der Waals surface area contributed by atoms with Crippen molar-refractivity contribution in [3.63, 3.8) is 0 Å². The van der Waals surface area contributed by atoms with Crippen LogP contribution in [0.2, 0.25) is 10.0 Å². The molecule has 12 nitrogen and oxygen atoms in total. The first-order chi connectivity index (χ1) is 29.2. The first-order valence-corrected chi connectivity index (χ1v) is 19.1. The predicted octanol–water partition coefficient (Wildman–Crippen LogP) is 9.63. The normalized spacial score (nSPS) is 14.3. The number of hydrogen-bond acceptors (Lipinski definition) is 8. The van der Waals surface area contributed by atoms with Gasteiger partial charge in [-0.3, -0.25) is 9.59 Å². The van der Waals surface area contributed by atoms with Gasteiger partial charge in [0.05, 0.1) is 16.1 Å². The van der Waals surface area contributed by atoms with Crippen LogP contribution < -0.4 is 21.7 Å². The molecule has 2 aliphatic carbocycles. The van der Waals surface area contributed by atoms with Crippen molar-refractivity contribution < 1.29 is 55.0 Å². The van der Waals surface area contributed by atoms with E-state index in [9.17, 15) is 45.5 Å². The number of carbonyl (C=O) groups is 4. The van der Waals surface area contributed by atoms with E-state index in [1.165, 1.54) is 67.3 Å². The third kappa shape index (κ3) is 12.4. The second-order valence-corrected chi connectivity index (χ2v) is 13.9. The third-order valence-electron chi connectivity index (χ3n) is 9.18. The average Bonchev–Trinajstić information content (AvgIpc) is 4.02. The lowest BCUT2D eigenvalue weighted by molar-refractivity contribution is 0.101. The highest BCUT2D eigenvalue weighted by Crippen LogP contribution is 2.37. The van der Waals surface area contributed by atoms with Crippen LogP contribution in [0.3, 0.4) is 0 Å². The Hall–Kier alpha value is -5.82. The number of anilines is 2. The molecule has 2 aliphatic rings. The third-order valence-corrected chi connectivity index (χ3v) is 9.76. The Balaban J connectivity index is 0.000000221. The van der Waals surface area contributed by atoms with Crippen molar-refractivity contribution in [2.75, 3.05) is 37.2 Å². The van der Waals surface area contributed by atoms with Crippen molar-refractivity contribution >= 4 is 71.0 Å². The molecule has 5 aromatic rings. The largest absolute Gasteiger partial charge is 0.447 e. The molecule has 1 aromatic heterocycles. The summed E-state index contributed by atoms with van der Waals surface area (Å²) in [6.07, 6.45) is 4.58. The zero-order chi connectivity index (χ0) is 44.2. The van der Waals surface area contributed by atoms with Gasteiger partial charge >= 0.3 is 12.2 Å². The van der Waals surface area contributed by atoms with Crippen LogP contribution >= 0.6 is 35.6 Å². The summed E-state index contributed by atoms with van der Waals surface area (Å²) in [4.78, 5) is 51.1. The standard InChI is InChI=1S/C19H16ClF3N2O3.C16H13ClF2N2O.C6H7FN2O2.ClH/c20-13-9-10(1-4-14(13)22)24-18(26)12-2-5-15(23)17-11(12)3-6-16(17)25-19(27)28-8-7-21;17-11-7-8(1-4-12(11)18)21-16(22)10-2-5-13(19)15-9(10)3-6-14(15)20;7-1-4-11-6(10)9-3-2-8-5-9;/h1-2,4-5,9,16H,3,6-8H2,(H,24,26)(H,25,27);1-2,4-5,7,14H,3,6,20H2,(H,21,22);2-3,5H,1,4H2;1H/t16-;14-;;/m00../s1. The van der Waals surface area contributed by atoms with Crippen LogP contribution in [0.25, 0.3) is 0 Å². The van der Waals surface area contributed by atoms with Gasteiger partial charge in [-0.25, -0.2) is 45.5 Å². The maximum atomic E-state index is 14.4. The molecule has 2 atom stereocenters. The number of ether oxygens (including phenoxy) is 2. The molecular weight excluding hydrogens is 893 g/mol. The second kappa shape index (κ2) is 22.9. The van der Waals surface area contributed by atoms with Gasteiger partial charge in [-0.2, -0.15) is 0 Å². The predicted molar refractivity (Wildman–Crippen MR) is 220 cm³/mol. The number of halogens is 9. The summed E-state index contributed by atoms with van der Waals surface area (Å²) in [6, 6.07) is 11.7. The molecule has 0 saturated carbocycles. The Labute approximate surface area is 366 Å². The van der Waals surface area contributed by atoms with Gasteiger partial charge in [0.2, 0.25) is 0 Å². The van der Waals surface area contributed by atoms with E-state index in [1.54, 1.807) is 0 Å². The van der Waals surface area contributed by atoms with Crippen LogP contribution in [0.5, 0.6) is 0 Å². The fraction of sp³-hybridized carbons (Fsp3) is 0.244. The molecule has 0 bridgehead atoms. The number of alkyl halides is 2. The quantitative estimate of drug-likeness (QED) is 0.106. The SMILES string of the molecule is Cl.N[C@H]1CCc2c(C(=O)Nc3ccc(F)c(Cl)c3)ccc(F)c21.O=C(N[C@H]1CCc2c(C(=O)Nc3ccc(F)c(Cl)c3)ccc(F)c21)OCCF.O=C(OCCF)n1ccnc1. The summed E-state index contributed by atoms with van der Waals surface area (Å²) in [6.45, 7) is -2.09. The molecule has 0 fully saturated rings. The Morgan fingerprint density at radius 2 is 1.23 bits per heavy atom. The molecule has 62 heavy (non-hydrogen) atoms. The smallest absolute Gasteiger partial charge is 0.419 e. The number of alkyl carbamates (subject to hydrolysis) is 1. The summed E-state index contributed by atoms with van der Waals surface area (Å²) in [7, 11) is 0. The highest BCUT2D eigenvalue weighted by Gasteiger charge is 2.32. The number of amides is 3. The lowest BCUT2D eigenvalue weighted by atomic mass is 10.0. The van der Waals surface area contributed by atoms with E-state index in [-0.39, 0.29) is 57.7 Å². The van der Waals surface area contributed by atoms with Crippen molar-refractivity contribution in [2.24, 2.45) is 5.73 Å². The van der Waals surface area contributed by atoms with Crippen molar-refractivity contribution in [3.05, 3.63) is 146 Å². The minimum absolute atomic E-state index is 0. The van der Waals surface area contributed by atoms with Crippen LogP contribution in [-0.4, -0.2) is 60.1 Å². The van der Waals surface area contributed by atoms with E-state index in [0.29, 0.717) is 53.6 Å². The number of nitrogens with zero attached hydrogens (tertiary/aromatic N) is 2. The summed E-state index contributed by atoms with van der Waals surface area (Å²) in [5, 5.41) is 7.49. The molecule has 1 heterocycles. The molecule has 0 spiro atoms. The van der Waals surface area contributed by atoms with E-state index in [1.807, 2.05) is 0 Å². The Morgan fingerprint density at radius 1 is 0.726 bits per heavy atom. The van der Waals surface area contributed by atoms with Crippen molar-refractivity contribution in [1.82, 2.24) is 14.9 Å². The zero-order valence-electron chi connectivity index (χ0n) is 32.2. The number of aromatic nitrogens is 2. The average molecular weight is 930 g/mol. The number of rotatable bonds is 9.